The maximum atomic E-state index is 5.36. The summed E-state index contributed by atoms with van der Waals surface area (Å²) in [5.41, 5.74) is 5.85. The standard InChI is InChI=1S/C8H19N.C2H6/c1-8(2,3)6-4-5-7-9;1-2/h4-7,9H2,1-3H3;1-2H3. The molecule has 0 aliphatic rings. The number of nitrogens with two attached hydrogens (primary N) is 1. The Morgan fingerprint density at radius 1 is 1.00 bits per heavy atom. The van der Waals surface area contributed by atoms with Gasteiger partial charge in [-0.15, -0.1) is 0 Å². The second-order valence-corrected chi connectivity index (χ2v) is 3.81. The topological polar surface area (TPSA) is 26.0 Å². The maximum absolute atomic E-state index is 5.36. The summed E-state index contributed by atoms with van der Waals surface area (Å²) in [4.78, 5) is 0. The lowest BCUT2D eigenvalue weighted by molar-refractivity contribution is 0.361. The van der Waals surface area contributed by atoms with Crippen molar-refractivity contribution >= 4 is 0 Å². The summed E-state index contributed by atoms with van der Waals surface area (Å²) in [5, 5.41) is 0. The van der Waals surface area contributed by atoms with Crippen LogP contribution in [0, 0.1) is 5.41 Å². The van der Waals surface area contributed by atoms with Crippen LogP contribution >= 0.6 is 0 Å². The third-order valence-corrected chi connectivity index (χ3v) is 1.38. The van der Waals surface area contributed by atoms with E-state index in [1.165, 1.54) is 19.3 Å². The molecule has 1 nitrogen and oxygen atoms in total. The highest BCUT2D eigenvalue weighted by Crippen LogP contribution is 2.20. The van der Waals surface area contributed by atoms with Gasteiger partial charge in [-0.05, 0) is 24.8 Å². The molecular weight excluding hydrogens is 134 g/mol. The van der Waals surface area contributed by atoms with E-state index in [2.05, 4.69) is 20.8 Å². The summed E-state index contributed by atoms with van der Waals surface area (Å²) in [5.74, 6) is 0. The van der Waals surface area contributed by atoms with Crippen LogP contribution in [0.3, 0.4) is 0 Å². The molecule has 0 unspecified atom stereocenters. The number of unbranched alkanes of at least 4 members (excludes halogenated alkanes) is 1. The molecule has 0 aliphatic carbocycles. The highest BCUT2D eigenvalue weighted by Gasteiger charge is 2.07. The van der Waals surface area contributed by atoms with E-state index >= 15 is 0 Å². The average Bonchev–Trinajstić information content (AvgIpc) is 1.90. The van der Waals surface area contributed by atoms with Gasteiger partial charge in [-0.3, -0.25) is 0 Å². The molecule has 0 aliphatic heterocycles. The molecule has 0 bridgehead atoms. The smallest absolute Gasteiger partial charge is 0.00773 e. The fourth-order valence-corrected chi connectivity index (χ4v) is 0.800. The van der Waals surface area contributed by atoms with Gasteiger partial charge in [0.2, 0.25) is 0 Å². The van der Waals surface area contributed by atoms with Crippen LogP contribution in [-0.4, -0.2) is 6.54 Å². The lowest BCUT2D eigenvalue weighted by Crippen LogP contribution is -2.06. The molecule has 0 aromatic rings. The van der Waals surface area contributed by atoms with Gasteiger partial charge in [0.05, 0.1) is 0 Å². The number of hydrogen-bond acceptors (Lipinski definition) is 1. The lowest BCUT2D eigenvalue weighted by atomic mass is 9.90. The highest BCUT2D eigenvalue weighted by atomic mass is 14.5. The van der Waals surface area contributed by atoms with Crippen molar-refractivity contribution in [3.63, 3.8) is 0 Å². The molecule has 0 spiro atoms. The maximum Gasteiger partial charge on any atom is -0.00773 e. The van der Waals surface area contributed by atoms with E-state index < -0.39 is 0 Å². The van der Waals surface area contributed by atoms with E-state index in [-0.39, 0.29) is 0 Å². The molecule has 0 saturated heterocycles. The van der Waals surface area contributed by atoms with E-state index in [9.17, 15) is 0 Å². The molecule has 1 heteroatoms. The summed E-state index contributed by atoms with van der Waals surface area (Å²) >= 11 is 0. The first-order chi connectivity index (χ1) is 5.06. The Hall–Kier alpha value is -0.0400. The molecule has 0 radical (unpaired) electrons. The fourth-order valence-electron chi connectivity index (χ4n) is 0.800. The Labute approximate surface area is 72.4 Å². The van der Waals surface area contributed by atoms with E-state index in [1.807, 2.05) is 13.8 Å². The molecule has 11 heavy (non-hydrogen) atoms. The molecule has 0 aromatic heterocycles. The van der Waals surface area contributed by atoms with Crippen LogP contribution in [0.4, 0.5) is 0 Å². The summed E-state index contributed by atoms with van der Waals surface area (Å²) in [6, 6.07) is 0. The summed E-state index contributed by atoms with van der Waals surface area (Å²) in [6.45, 7) is 11.6. The van der Waals surface area contributed by atoms with Gasteiger partial charge in [-0.25, -0.2) is 0 Å². The van der Waals surface area contributed by atoms with E-state index in [0.717, 1.165) is 6.54 Å². The van der Waals surface area contributed by atoms with Gasteiger partial charge in [-0.1, -0.05) is 41.0 Å². The zero-order valence-electron chi connectivity index (χ0n) is 8.91. The Bertz CT molecular complexity index is 61.8. The second-order valence-electron chi connectivity index (χ2n) is 3.81. The van der Waals surface area contributed by atoms with Crippen molar-refractivity contribution in [2.45, 2.75) is 53.9 Å². The van der Waals surface area contributed by atoms with Crippen LogP contribution in [0.15, 0.2) is 0 Å². The van der Waals surface area contributed by atoms with Crippen molar-refractivity contribution in [2.24, 2.45) is 11.1 Å². The molecule has 70 valence electrons. The summed E-state index contributed by atoms with van der Waals surface area (Å²) in [6.07, 6.45) is 3.75. The highest BCUT2D eigenvalue weighted by molar-refractivity contribution is 4.60. The van der Waals surface area contributed by atoms with Gasteiger partial charge in [0.15, 0.2) is 0 Å². The van der Waals surface area contributed by atoms with Crippen LogP contribution in [0.5, 0.6) is 0 Å². The minimum Gasteiger partial charge on any atom is -0.330 e. The average molecular weight is 159 g/mol. The number of rotatable bonds is 3. The van der Waals surface area contributed by atoms with Crippen LogP contribution in [-0.2, 0) is 0 Å². The number of hydrogen-bond donors (Lipinski definition) is 1. The molecule has 0 atom stereocenters. The lowest BCUT2D eigenvalue weighted by Gasteiger charge is -2.16. The molecule has 0 aromatic carbocycles. The van der Waals surface area contributed by atoms with Crippen molar-refractivity contribution in [3.05, 3.63) is 0 Å². The Morgan fingerprint density at radius 2 is 1.45 bits per heavy atom. The molecule has 0 fully saturated rings. The third kappa shape index (κ3) is 17.8. The molecule has 2 N–H and O–H groups in total. The summed E-state index contributed by atoms with van der Waals surface area (Å²) < 4.78 is 0. The molecule has 0 heterocycles. The van der Waals surface area contributed by atoms with E-state index in [1.54, 1.807) is 0 Å². The zero-order valence-corrected chi connectivity index (χ0v) is 8.91. The van der Waals surface area contributed by atoms with E-state index in [4.69, 9.17) is 5.73 Å². The normalized spacial score (nSPS) is 10.4. The van der Waals surface area contributed by atoms with Crippen LogP contribution < -0.4 is 5.73 Å². The van der Waals surface area contributed by atoms with Crippen LogP contribution in [0.25, 0.3) is 0 Å². The van der Waals surface area contributed by atoms with Crippen molar-refractivity contribution in [3.8, 4) is 0 Å². The van der Waals surface area contributed by atoms with Crippen molar-refractivity contribution in [1.29, 1.82) is 0 Å². The second kappa shape index (κ2) is 8.06. The zero-order chi connectivity index (χ0) is 9.33. The predicted octanol–water partition coefficient (Wildman–Crippen LogP) is 3.19. The van der Waals surface area contributed by atoms with Gasteiger partial charge in [-0.2, -0.15) is 0 Å². The molecular formula is C10H25N. The van der Waals surface area contributed by atoms with E-state index in [0.29, 0.717) is 5.41 Å². The first-order valence-electron chi connectivity index (χ1n) is 4.76. The minimum atomic E-state index is 0.495. The Kier molecular flexibility index (Phi) is 9.92. The summed E-state index contributed by atoms with van der Waals surface area (Å²) in [7, 11) is 0. The van der Waals surface area contributed by atoms with Crippen molar-refractivity contribution in [1.82, 2.24) is 0 Å². The quantitative estimate of drug-likeness (QED) is 0.629. The van der Waals surface area contributed by atoms with Gasteiger partial charge in [0.25, 0.3) is 0 Å². The van der Waals surface area contributed by atoms with Crippen molar-refractivity contribution < 1.29 is 0 Å². The largest absolute Gasteiger partial charge is 0.330 e. The molecule has 0 saturated carbocycles. The first kappa shape index (κ1) is 13.5. The third-order valence-electron chi connectivity index (χ3n) is 1.38. The Morgan fingerprint density at radius 3 is 1.73 bits per heavy atom. The fraction of sp³-hybridized carbons (Fsp3) is 1.00. The monoisotopic (exact) mass is 159 g/mol. The van der Waals surface area contributed by atoms with Crippen LogP contribution in [0.2, 0.25) is 0 Å². The molecule has 0 amide bonds. The Balaban J connectivity index is 0. The van der Waals surface area contributed by atoms with Gasteiger partial charge in [0.1, 0.15) is 0 Å². The van der Waals surface area contributed by atoms with Crippen molar-refractivity contribution in [2.75, 3.05) is 6.54 Å². The first-order valence-corrected chi connectivity index (χ1v) is 4.76. The van der Waals surface area contributed by atoms with Gasteiger partial charge >= 0.3 is 0 Å². The van der Waals surface area contributed by atoms with Gasteiger partial charge in [0, 0.05) is 0 Å². The predicted molar refractivity (Wildman–Crippen MR) is 53.7 cm³/mol. The van der Waals surface area contributed by atoms with Gasteiger partial charge < -0.3 is 5.73 Å². The molecule has 0 rings (SSSR count). The van der Waals surface area contributed by atoms with Crippen LogP contribution in [0.1, 0.15) is 53.9 Å². The minimum absolute atomic E-state index is 0.495. The SMILES string of the molecule is CC.CC(C)(C)CCCCN.